The number of carbonyl (C=O) groups excluding carboxylic acids is 2. The predicted molar refractivity (Wildman–Crippen MR) is 92.3 cm³/mol. The number of anilines is 1. The maximum absolute atomic E-state index is 12.2. The third-order valence-corrected chi connectivity index (χ3v) is 4.07. The molecule has 0 radical (unpaired) electrons. The fraction of sp³-hybridized carbons (Fsp3) is 0.333. The summed E-state index contributed by atoms with van der Waals surface area (Å²) < 4.78 is 5.05. The smallest absolute Gasteiger partial charge is 0.359 e. The standard InChI is InChI=1S/C18H20N4O3/c1-14-11-20-16(12-19-14)18(24)25-13-17(23)22-9-7-21(8-10-22)15-5-3-2-4-6-15/h2-6,11-12H,7-10,13H2,1H3. The second-order valence-corrected chi connectivity index (χ2v) is 5.82. The zero-order valence-electron chi connectivity index (χ0n) is 14.1. The van der Waals surface area contributed by atoms with E-state index in [1.165, 1.54) is 12.4 Å². The van der Waals surface area contributed by atoms with Crippen LogP contribution >= 0.6 is 0 Å². The van der Waals surface area contributed by atoms with Crippen molar-refractivity contribution in [3.05, 3.63) is 54.1 Å². The molecule has 130 valence electrons. The molecular formula is C18H20N4O3. The Morgan fingerprint density at radius 2 is 1.76 bits per heavy atom. The average molecular weight is 340 g/mol. The van der Waals surface area contributed by atoms with Gasteiger partial charge in [0, 0.05) is 38.1 Å². The van der Waals surface area contributed by atoms with Gasteiger partial charge in [0.15, 0.2) is 12.3 Å². The minimum Gasteiger partial charge on any atom is -0.451 e. The summed E-state index contributed by atoms with van der Waals surface area (Å²) in [4.78, 5) is 36.0. The summed E-state index contributed by atoms with van der Waals surface area (Å²) in [6.45, 7) is 4.23. The highest BCUT2D eigenvalue weighted by atomic mass is 16.5. The molecule has 0 saturated carbocycles. The van der Waals surface area contributed by atoms with Crippen LogP contribution in [0.4, 0.5) is 5.69 Å². The number of aromatic nitrogens is 2. The van der Waals surface area contributed by atoms with Crippen LogP contribution in [0.2, 0.25) is 0 Å². The molecule has 25 heavy (non-hydrogen) atoms. The van der Waals surface area contributed by atoms with Crippen molar-refractivity contribution in [3.63, 3.8) is 0 Å². The van der Waals surface area contributed by atoms with Crippen LogP contribution in [-0.4, -0.2) is 59.5 Å². The number of nitrogens with zero attached hydrogens (tertiary/aromatic N) is 4. The van der Waals surface area contributed by atoms with Crippen molar-refractivity contribution in [2.75, 3.05) is 37.7 Å². The van der Waals surface area contributed by atoms with Crippen molar-refractivity contribution in [2.45, 2.75) is 6.92 Å². The second kappa shape index (κ2) is 7.74. The van der Waals surface area contributed by atoms with Crippen molar-refractivity contribution in [1.82, 2.24) is 14.9 Å². The Morgan fingerprint density at radius 1 is 1.04 bits per heavy atom. The number of aryl methyl sites for hydroxylation is 1. The van der Waals surface area contributed by atoms with Gasteiger partial charge in [0.2, 0.25) is 0 Å². The van der Waals surface area contributed by atoms with Crippen LogP contribution in [0.25, 0.3) is 0 Å². The number of hydrogen-bond acceptors (Lipinski definition) is 6. The summed E-state index contributed by atoms with van der Waals surface area (Å²) in [6.07, 6.45) is 2.84. The van der Waals surface area contributed by atoms with Gasteiger partial charge < -0.3 is 14.5 Å². The molecule has 0 aliphatic carbocycles. The molecule has 2 heterocycles. The van der Waals surface area contributed by atoms with Crippen molar-refractivity contribution in [2.24, 2.45) is 0 Å². The Morgan fingerprint density at radius 3 is 2.40 bits per heavy atom. The van der Waals surface area contributed by atoms with E-state index in [0.717, 1.165) is 18.8 Å². The summed E-state index contributed by atoms with van der Waals surface area (Å²) in [6, 6.07) is 10.1. The molecule has 0 atom stereocenters. The quantitative estimate of drug-likeness (QED) is 0.781. The lowest BCUT2D eigenvalue weighted by atomic mass is 10.2. The number of hydrogen-bond donors (Lipinski definition) is 0. The van der Waals surface area contributed by atoms with Gasteiger partial charge in [-0.05, 0) is 19.1 Å². The van der Waals surface area contributed by atoms with Crippen LogP contribution < -0.4 is 4.90 Å². The maximum atomic E-state index is 12.2. The zero-order chi connectivity index (χ0) is 17.6. The first-order valence-corrected chi connectivity index (χ1v) is 8.17. The van der Waals surface area contributed by atoms with E-state index in [0.29, 0.717) is 18.8 Å². The van der Waals surface area contributed by atoms with Gasteiger partial charge in [-0.2, -0.15) is 0 Å². The lowest BCUT2D eigenvalue weighted by Crippen LogP contribution is -2.49. The molecule has 7 nitrogen and oxygen atoms in total. The third kappa shape index (κ3) is 4.32. The van der Waals surface area contributed by atoms with Crippen LogP contribution in [0.15, 0.2) is 42.7 Å². The zero-order valence-corrected chi connectivity index (χ0v) is 14.1. The van der Waals surface area contributed by atoms with E-state index in [1.54, 1.807) is 11.8 Å². The first kappa shape index (κ1) is 16.9. The first-order valence-electron chi connectivity index (χ1n) is 8.17. The lowest BCUT2D eigenvalue weighted by molar-refractivity contribution is -0.134. The molecule has 0 N–H and O–H groups in total. The summed E-state index contributed by atoms with van der Waals surface area (Å²) in [5.74, 6) is -0.829. The Kier molecular flexibility index (Phi) is 5.23. The fourth-order valence-electron chi connectivity index (χ4n) is 2.64. The third-order valence-electron chi connectivity index (χ3n) is 4.07. The number of esters is 1. The van der Waals surface area contributed by atoms with E-state index in [9.17, 15) is 9.59 Å². The van der Waals surface area contributed by atoms with Crippen LogP contribution in [0.1, 0.15) is 16.2 Å². The van der Waals surface area contributed by atoms with Crippen LogP contribution in [0.3, 0.4) is 0 Å². The van der Waals surface area contributed by atoms with Crippen LogP contribution in [-0.2, 0) is 9.53 Å². The lowest BCUT2D eigenvalue weighted by Gasteiger charge is -2.36. The van der Waals surface area contributed by atoms with E-state index in [1.807, 2.05) is 18.2 Å². The molecule has 0 unspecified atom stereocenters. The largest absolute Gasteiger partial charge is 0.451 e. The van der Waals surface area contributed by atoms with E-state index >= 15 is 0 Å². The number of ether oxygens (including phenoxy) is 1. The van der Waals surface area contributed by atoms with E-state index in [-0.39, 0.29) is 18.2 Å². The van der Waals surface area contributed by atoms with Gasteiger partial charge in [-0.15, -0.1) is 0 Å². The number of amides is 1. The molecule has 1 aliphatic rings. The minimum absolute atomic E-state index is 0.104. The molecule has 1 saturated heterocycles. The summed E-state index contributed by atoms with van der Waals surface area (Å²) in [7, 11) is 0. The Hall–Kier alpha value is -2.96. The molecule has 1 aliphatic heterocycles. The van der Waals surface area contributed by atoms with Crippen molar-refractivity contribution in [3.8, 4) is 0 Å². The summed E-state index contributed by atoms with van der Waals surface area (Å²) >= 11 is 0. The molecule has 3 rings (SSSR count). The molecule has 0 spiro atoms. The van der Waals surface area contributed by atoms with Crippen molar-refractivity contribution in [1.29, 1.82) is 0 Å². The van der Waals surface area contributed by atoms with Gasteiger partial charge in [0.1, 0.15) is 0 Å². The van der Waals surface area contributed by atoms with Gasteiger partial charge in [-0.3, -0.25) is 9.78 Å². The van der Waals surface area contributed by atoms with Crippen LogP contribution in [0.5, 0.6) is 0 Å². The summed E-state index contributed by atoms with van der Waals surface area (Å²) in [5.41, 5.74) is 1.97. The molecule has 1 fully saturated rings. The molecule has 7 heteroatoms. The highest BCUT2D eigenvalue weighted by molar-refractivity contribution is 5.89. The van der Waals surface area contributed by atoms with Gasteiger partial charge >= 0.3 is 5.97 Å². The van der Waals surface area contributed by atoms with E-state index in [4.69, 9.17) is 4.74 Å². The van der Waals surface area contributed by atoms with Gasteiger partial charge in [0.05, 0.1) is 11.9 Å². The van der Waals surface area contributed by atoms with Crippen LogP contribution in [0, 0.1) is 6.92 Å². The molecule has 2 aromatic rings. The Labute approximate surface area is 146 Å². The highest BCUT2D eigenvalue weighted by Crippen LogP contribution is 2.15. The Bertz CT molecular complexity index is 726. The molecule has 1 aromatic heterocycles. The molecule has 1 aromatic carbocycles. The first-order chi connectivity index (χ1) is 12.1. The van der Waals surface area contributed by atoms with Crippen molar-refractivity contribution < 1.29 is 14.3 Å². The van der Waals surface area contributed by atoms with E-state index in [2.05, 4.69) is 27.0 Å². The predicted octanol–water partition coefficient (Wildman–Crippen LogP) is 1.29. The van der Waals surface area contributed by atoms with E-state index < -0.39 is 5.97 Å². The molecule has 0 bridgehead atoms. The highest BCUT2D eigenvalue weighted by Gasteiger charge is 2.22. The number of benzene rings is 1. The number of para-hydroxylation sites is 1. The maximum Gasteiger partial charge on any atom is 0.359 e. The molecule has 1 amide bonds. The monoisotopic (exact) mass is 340 g/mol. The minimum atomic E-state index is -0.635. The summed E-state index contributed by atoms with van der Waals surface area (Å²) in [5, 5.41) is 0. The topological polar surface area (TPSA) is 75.6 Å². The molecular weight excluding hydrogens is 320 g/mol. The van der Waals surface area contributed by atoms with Gasteiger partial charge in [0.25, 0.3) is 5.91 Å². The number of rotatable bonds is 4. The SMILES string of the molecule is Cc1cnc(C(=O)OCC(=O)N2CCN(c3ccccc3)CC2)cn1. The Balaban J connectivity index is 1.46. The normalized spacial score (nSPS) is 14.3. The van der Waals surface area contributed by atoms with Gasteiger partial charge in [-0.1, -0.05) is 18.2 Å². The fourth-order valence-corrected chi connectivity index (χ4v) is 2.64. The average Bonchev–Trinajstić information content (AvgIpc) is 2.67. The second-order valence-electron chi connectivity index (χ2n) is 5.82. The van der Waals surface area contributed by atoms with Gasteiger partial charge in [-0.25, -0.2) is 9.78 Å². The van der Waals surface area contributed by atoms with Crippen molar-refractivity contribution >= 4 is 17.6 Å². The number of piperazine rings is 1. The number of carbonyl (C=O) groups is 2.